The number of aliphatic carboxylic acids is 1. The van der Waals surface area contributed by atoms with E-state index in [1.54, 1.807) is 4.90 Å². The number of nitrogens with zero attached hydrogens (tertiary/aromatic N) is 1. The number of carboxylic acid groups (broad SMARTS) is 1. The minimum absolute atomic E-state index is 0.0357. The minimum Gasteiger partial charge on any atom is -0.481 e. The molecule has 0 saturated heterocycles. The Kier molecular flexibility index (Phi) is 3.08. The van der Waals surface area contributed by atoms with E-state index in [4.69, 9.17) is 0 Å². The summed E-state index contributed by atoms with van der Waals surface area (Å²) in [7, 11) is 0. The van der Waals surface area contributed by atoms with Crippen molar-refractivity contribution in [2.24, 2.45) is 23.2 Å². The van der Waals surface area contributed by atoms with E-state index in [2.05, 4.69) is 13.0 Å². The zero-order valence-electron chi connectivity index (χ0n) is 12.7. The van der Waals surface area contributed by atoms with Crippen LogP contribution in [-0.4, -0.2) is 23.5 Å². The fraction of sp³-hybridized carbons (Fsp3) is 0.529. The van der Waals surface area contributed by atoms with Crippen LogP contribution >= 0.6 is 0 Å². The number of carbonyl (C=O) groups is 2. The highest BCUT2D eigenvalue weighted by molar-refractivity contribution is 6.02. The van der Waals surface area contributed by atoms with Crippen molar-refractivity contribution in [3.8, 4) is 0 Å². The van der Waals surface area contributed by atoms with Crippen molar-refractivity contribution >= 4 is 17.6 Å². The molecule has 1 heterocycles. The molecule has 1 unspecified atom stereocenters. The summed E-state index contributed by atoms with van der Waals surface area (Å²) in [5.74, 6) is -1.47. The first-order valence-corrected chi connectivity index (χ1v) is 7.46. The van der Waals surface area contributed by atoms with Crippen molar-refractivity contribution in [2.75, 3.05) is 11.4 Å². The molecule has 4 heteroatoms. The molecule has 1 amide bonds. The molecule has 1 aliphatic heterocycles. The molecule has 0 bridgehead atoms. The molecule has 3 rings (SSSR count). The summed E-state index contributed by atoms with van der Waals surface area (Å²) in [6.07, 6.45) is 0.969. The average Bonchev–Trinajstić information content (AvgIpc) is 3.00. The van der Waals surface area contributed by atoms with E-state index in [-0.39, 0.29) is 5.91 Å². The van der Waals surface area contributed by atoms with Gasteiger partial charge in [-0.2, -0.15) is 0 Å². The third-order valence-electron chi connectivity index (χ3n) is 4.97. The van der Waals surface area contributed by atoms with Gasteiger partial charge in [0.15, 0.2) is 0 Å². The lowest BCUT2D eigenvalue weighted by Gasteiger charge is -2.33. The number of hydrogen-bond acceptors (Lipinski definition) is 2. The molecule has 1 fully saturated rings. The molecule has 112 valence electrons. The molecule has 1 N–H and O–H groups in total. The Bertz CT molecular complexity index is 608. The Morgan fingerprint density at radius 2 is 1.90 bits per heavy atom. The Morgan fingerprint density at radius 1 is 1.24 bits per heavy atom. The molecule has 1 aromatic rings. The first kappa shape index (κ1) is 14.1. The van der Waals surface area contributed by atoms with Crippen molar-refractivity contribution in [3.63, 3.8) is 0 Å². The van der Waals surface area contributed by atoms with Gasteiger partial charge in [0.2, 0.25) is 5.91 Å². The lowest BCUT2D eigenvalue weighted by atomic mass is 9.93. The van der Waals surface area contributed by atoms with Crippen molar-refractivity contribution in [1.29, 1.82) is 0 Å². The molecular formula is C17H21NO3. The lowest BCUT2D eigenvalue weighted by Crippen LogP contribution is -2.41. The average molecular weight is 287 g/mol. The van der Waals surface area contributed by atoms with E-state index >= 15 is 0 Å². The monoisotopic (exact) mass is 287 g/mol. The van der Waals surface area contributed by atoms with E-state index < -0.39 is 23.2 Å². The Hall–Kier alpha value is -1.84. The van der Waals surface area contributed by atoms with Crippen LogP contribution in [0.15, 0.2) is 24.3 Å². The first-order chi connectivity index (χ1) is 9.84. The van der Waals surface area contributed by atoms with Crippen LogP contribution in [0.4, 0.5) is 5.69 Å². The maximum Gasteiger partial charge on any atom is 0.307 e. The molecular weight excluding hydrogens is 266 g/mol. The van der Waals surface area contributed by atoms with Gasteiger partial charge < -0.3 is 10.0 Å². The topological polar surface area (TPSA) is 57.6 Å². The van der Waals surface area contributed by atoms with Gasteiger partial charge >= 0.3 is 5.97 Å². The molecule has 4 nitrogen and oxygen atoms in total. The van der Waals surface area contributed by atoms with E-state index in [1.165, 1.54) is 5.56 Å². The first-order valence-electron chi connectivity index (χ1n) is 7.46. The summed E-state index contributed by atoms with van der Waals surface area (Å²) in [6.45, 7) is 6.54. The van der Waals surface area contributed by atoms with Gasteiger partial charge in [-0.15, -0.1) is 0 Å². The van der Waals surface area contributed by atoms with Crippen molar-refractivity contribution < 1.29 is 14.7 Å². The van der Waals surface area contributed by atoms with Gasteiger partial charge in [0.05, 0.1) is 11.8 Å². The number of hydrogen-bond donors (Lipinski definition) is 1. The van der Waals surface area contributed by atoms with Crippen LogP contribution in [0.3, 0.4) is 0 Å². The molecule has 1 aromatic carbocycles. The summed E-state index contributed by atoms with van der Waals surface area (Å²) < 4.78 is 0. The van der Waals surface area contributed by atoms with Crippen LogP contribution in [0.1, 0.15) is 26.3 Å². The standard InChI is InChI=1S/C17H21NO3/c1-10-8-11-6-4-5-7-12(11)18(9-10)15(19)13-14(16(20)21)17(13,2)3/h4-7,10,13-14H,8-9H2,1-3H3,(H,20,21)/t10?,13-,14+/m1/s1. The third-order valence-corrected chi connectivity index (χ3v) is 4.97. The summed E-state index contributed by atoms with van der Waals surface area (Å²) in [6, 6.07) is 7.94. The van der Waals surface area contributed by atoms with Crippen molar-refractivity contribution in [1.82, 2.24) is 0 Å². The summed E-state index contributed by atoms with van der Waals surface area (Å²) >= 11 is 0. The predicted molar refractivity (Wildman–Crippen MR) is 80.1 cm³/mol. The molecule has 3 atom stereocenters. The number of amides is 1. The van der Waals surface area contributed by atoms with Gasteiger partial charge in [-0.25, -0.2) is 0 Å². The van der Waals surface area contributed by atoms with E-state index in [0.29, 0.717) is 12.5 Å². The largest absolute Gasteiger partial charge is 0.481 e. The van der Waals surface area contributed by atoms with Crippen LogP contribution in [0.5, 0.6) is 0 Å². The highest BCUT2D eigenvalue weighted by Crippen LogP contribution is 2.59. The zero-order valence-corrected chi connectivity index (χ0v) is 12.7. The predicted octanol–water partition coefficient (Wildman–Crippen LogP) is 2.57. The van der Waals surface area contributed by atoms with Crippen LogP contribution in [0, 0.1) is 23.2 Å². The fourth-order valence-electron chi connectivity index (χ4n) is 3.73. The van der Waals surface area contributed by atoms with Gasteiger partial charge in [-0.1, -0.05) is 39.0 Å². The number of anilines is 1. The van der Waals surface area contributed by atoms with Gasteiger partial charge in [0, 0.05) is 12.2 Å². The number of carbonyl (C=O) groups excluding carboxylic acids is 1. The van der Waals surface area contributed by atoms with E-state index in [0.717, 1.165) is 12.1 Å². The zero-order chi connectivity index (χ0) is 15.4. The third kappa shape index (κ3) is 2.13. The second-order valence-corrected chi connectivity index (χ2v) is 7.00. The van der Waals surface area contributed by atoms with Crippen LogP contribution in [0.25, 0.3) is 0 Å². The maximum absolute atomic E-state index is 12.9. The Morgan fingerprint density at radius 3 is 2.52 bits per heavy atom. The van der Waals surface area contributed by atoms with Gasteiger partial charge in [-0.3, -0.25) is 9.59 Å². The van der Waals surface area contributed by atoms with Crippen LogP contribution < -0.4 is 4.90 Å². The molecule has 2 aliphatic rings. The lowest BCUT2D eigenvalue weighted by molar-refractivity contribution is -0.140. The van der Waals surface area contributed by atoms with Gasteiger partial charge in [0.25, 0.3) is 0 Å². The smallest absolute Gasteiger partial charge is 0.307 e. The summed E-state index contributed by atoms with van der Waals surface area (Å²) in [5, 5.41) is 9.28. The van der Waals surface area contributed by atoms with E-state index in [9.17, 15) is 14.7 Å². The highest BCUT2D eigenvalue weighted by Gasteiger charge is 2.66. The number of carboxylic acids is 1. The minimum atomic E-state index is -0.864. The summed E-state index contributed by atoms with van der Waals surface area (Å²) in [4.78, 5) is 26.0. The number of fused-ring (bicyclic) bond motifs is 1. The van der Waals surface area contributed by atoms with E-state index in [1.807, 2.05) is 32.0 Å². The van der Waals surface area contributed by atoms with Crippen LogP contribution in [0.2, 0.25) is 0 Å². The molecule has 0 spiro atoms. The quantitative estimate of drug-likeness (QED) is 0.909. The maximum atomic E-state index is 12.9. The molecule has 0 aromatic heterocycles. The Balaban J connectivity index is 1.91. The molecule has 1 aliphatic carbocycles. The molecule has 1 saturated carbocycles. The highest BCUT2D eigenvalue weighted by atomic mass is 16.4. The second kappa shape index (κ2) is 4.58. The van der Waals surface area contributed by atoms with Gasteiger partial charge in [0.1, 0.15) is 0 Å². The normalized spacial score (nSPS) is 29.7. The SMILES string of the molecule is CC1Cc2ccccc2N(C(=O)[C@H]2[C@@H](C(=O)O)C2(C)C)C1. The second-order valence-electron chi connectivity index (χ2n) is 7.00. The Labute approximate surface area is 124 Å². The summed E-state index contributed by atoms with van der Waals surface area (Å²) in [5.41, 5.74) is 1.68. The number of benzene rings is 1. The van der Waals surface area contributed by atoms with Crippen molar-refractivity contribution in [2.45, 2.75) is 27.2 Å². The molecule has 0 radical (unpaired) electrons. The molecule has 21 heavy (non-hydrogen) atoms. The van der Waals surface area contributed by atoms with Crippen molar-refractivity contribution in [3.05, 3.63) is 29.8 Å². The fourth-order valence-corrected chi connectivity index (χ4v) is 3.73. The van der Waals surface area contributed by atoms with Gasteiger partial charge in [-0.05, 0) is 29.4 Å². The van der Waals surface area contributed by atoms with Crippen LogP contribution in [-0.2, 0) is 16.0 Å². The number of rotatable bonds is 2. The number of para-hydroxylation sites is 1.